The van der Waals surface area contributed by atoms with Gasteiger partial charge in [-0.2, -0.15) is 0 Å². The van der Waals surface area contributed by atoms with Crippen LogP contribution in [0, 0.1) is 5.82 Å². The molecule has 0 unspecified atom stereocenters. The molecule has 0 bridgehead atoms. The Balaban J connectivity index is 2.44. The van der Waals surface area contributed by atoms with E-state index in [-0.39, 0.29) is 5.82 Å². The van der Waals surface area contributed by atoms with Gasteiger partial charge in [-0.1, -0.05) is 21.1 Å². The summed E-state index contributed by atoms with van der Waals surface area (Å²) in [7, 11) is 0. The van der Waals surface area contributed by atoms with Crippen LogP contribution in [0.2, 0.25) is 0 Å². The number of aromatic nitrogens is 3. The first-order chi connectivity index (χ1) is 7.20. The lowest BCUT2D eigenvalue weighted by Gasteiger charge is -2.02. The molecule has 1 aromatic carbocycles. The maximum Gasteiger partial charge on any atom is 0.124 e. The van der Waals surface area contributed by atoms with Gasteiger partial charge >= 0.3 is 0 Å². The topological polar surface area (TPSA) is 30.7 Å². The number of rotatable bonds is 2. The van der Waals surface area contributed by atoms with Crippen molar-refractivity contribution in [2.24, 2.45) is 0 Å². The van der Waals surface area contributed by atoms with Gasteiger partial charge in [0.1, 0.15) is 5.82 Å². The van der Waals surface area contributed by atoms with E-state index in [4.69, 9.17) is 0 Å². The molecule has 1 heterocycles. The van der Waals surface area contributed by atoms with Crippen molar-refractivity contribution < 1.29 is 4.39 Å². The van der Waals surface area contributed by atoms with Crippen molar-refractivity contribution in [1.82, 2.24) is 15.0 Å². The van der Waals surface area contributed by atoms with Gasteiger partial charge in [-0.3, -0.25) is 0 Å². The minimum absolute atomic E-state index is 0.286. The first-order valence-corrected chi connectivity index (χ1v) is 6.05. The van der Waals surface area contributed by atoms with Crippen molar-refractivity contribution in [3.05, 3.63) is 40.4 Å². The highest BCUT2D eigenvalue weighted by Gasteiger charge is 2.06. The molecule has 0 aliphatic heterocycles. The monoisotopic (exact) mass is 333 g/mol. The van der Waals surface area contributed by atoms with Crippen molar-refractivity contribution in [3.8, 4) is 5.69 Å². The second-order valence-electron chi connectivity index (χ2n) is 2.88. The highest BCUT2D eigenvalue weighted by atomic mass is 79.9. The molecular formula is C9H6Br2FN3. The van der Waals surface area contributed by atoms with Crippen molar-refractivity contribution in [1.29, 1.82) is 0 Å². The molecule has 0 atom stereocenters. The zero-order valence-corrected chi connectivity index (χ0v) is 10.7. The average molecular weight is 335 g/mol. The number of nitrogens with zero attached hydrogens (tertiary/aromatic N) is 3. The fraction of sp³-hybridized carbons (Fsp3) is 0.111. The molecule has 6 heteroatoms. The summed E-state index contributed by atoms with van der Waals surface area (Å²) in [4.78, 5) is 0. The zero-order chi connectivity index (χ0) is 10.8. The summed E-state index contributed by atoms with van der Waals surface area (Å²) in [5.74, 6) is -0.286. The molecule has 1 aromatic heterocycles. The van der Waals surface area contributed by atoms with E-state index >= 15 is 0 Å². The smallest absolute Gasteiger partial charge is 0.124 e. The van der Waals surface area contributed by atoms with Gasteiger partial charge < -0.3 is 0 Å². The SMILES string of the molecule is Fc1ccc(-n2cc(CBr)nn2)c(Br)c1. The van der Waals surface area contributed by atoms with E-state index in [0.717, 1.165) is 11.4 Å². The lowest BCUT2D eigenvalue weighted by molar-refractivity contribution is 0.625. The number of hydrogen-bond donors (Lipinski definition) is 0. The number of hydrogen-bond acceptors (Lipinski definition) is 2. The van der Waals surface area contributed by atoms with E-state index < -0.39 is 0 Å². The number of alkyl halides is 1. The largest absolute Gasteiger partial charge is 0.219 e. The lowest BCUT2D eigenvalue weighted by Crippen LogP contribution is -1.96. The van der Waals surface area contributed by atoms with Gasteiger partial charge in [0.2, 0.25) is 0 Å². The van der Waals surface area contributed by atoms with E-state index in [2.05, 4.69) is 42.2 Å². The van der Waals surface area contributed by atoms with Crippen LogP contribution in [-0.2, 0) is 5.33 Å². The summed E-state index contributed by atoms with van der Waals surface area (Å²) in [5, 5.41) is 8.50. The average Bonchev–Trinajstić information content (AvgIpc) is 2.66. The Bertz CT molecular complexity index is 484. The van der Waals surface area contributed by atoms with Crippen LogP contribution < -0.4 is 0 Å². The van der Waals surface area contributed by atoms with Crippen molar-refractivity contribution in [2.45, 2.75) is 5.33 Å². The maximum absolute atomic E-state index is 12.9. The Morgan fingerprint density at radius 2 is 2.20 bits per heavy atom. The molecule has 0 aliphatic rings. The zero-order valence-electron chi connectivity index (χ0n) is 7.49. The van der Waals surface area contributed by atoms with Crippen molar-refractivity contribution >= 4 is 31.9 Å². The summed E-state index contributed by atoms with van der Waals surface area (Å²) in [6.07, 6.45) is 1.78. The normalized spacial score (nSPS) is 10.6. The third-order valence-corrected chi connectivity index (χ3v) is 3.04. The fourth-order valence-electron chi connectivity index (χ4n) is 1.14. The van der Waals surface area contributed by atoms with Crippen LogP contribution >= 0.6 is 31.9 Å². The summed E-state index contributed by atoms with van der Waals surface area (Å²) in [5.41, 5.74) is 1.59. The van der Waals surface area contributed by atoms with Gasteiger partial charge in [-0.25, -0.2) is 9.07 Å². The Labute approximate surface area is 103 Å². The van der Waals surface area contributed by atoms with Crippen LogP contribution in [-0.4, -0.2) is 15.0 Å². The highest BCUT2D eigenvalue weighted by Crippen LogP contribution is 2.21. The van der Waals surface area contributed by atoms with E-state index in [1.165, 1.54) is 12.1 Å². The Hall–Kier alpha value is -0.750. The fourth-order valence-corrected chi connectivity index (χ4v) is 1.93. The molecule has 0 saturated carbocycles. The summed E-state index contributed by atoms with van der Waals surface area (Å²) >= 11 is 6.56. The van der Waals surface area contributed by atoms with Crippen LogP contribution in [0.4, 0.5) is 4.39 Å². The molecule has 3 nitrogen and oxygen atoms in total. The van der Waals surface area contributed by atoms with Crippen LogP contribution in [0.5, 0.6) is 0 Å². The molecular weight excluding hydrogens is 329 g/mol. The van der Waals surface area contributed by atoms with Crippen LogP contribution in [0.3, 0.4) is 0 Å². The molecule has 15 heavy (non-hydrogen) atoms. The first kappa shape index (κ1) is 10.8. The predicted molar refractivity (Wildman–Crippen MR) is 61.6 cm³/mol. The molecule has 0 N–H and O–H groups in total. The molecule has 0 spiro atoms. The summed E-state index contributed by atoms with van der Waals surface area (Å²) < 4.78 is 15.1. The second-order valence-corrected chi connectivity index (χ2v) is 4.30. The third-order valence-electron chi connectivity index (χ3n) is 1.83. The third kappa shape index (κ3) is 2.26. The minimum Gasteiger partial charge on any atom is -0.219 e. The molecule has 2 rings (SSSR count). The van der Waals surface area contributed by atoms with Gasteiger partial charge in [-0.05, 0) is 34.1 Å². The predicted octanol–water partition coefficient (Wildman–Crippen LogP) is 3.06. The molecule has 78 valence electrons. The van der Waals surface area contributed by atoms with E-state index in [1.807, 2.05) is 0 Å². The number of halogens is 3. The standard InChI is InChI=1S/C9H6Br2FN3/c10-4-7-5-15(14-13-7)9-2-1-6(12)3-8(9)11/h1-3,5H,4H2. The van der Waals surface area contributed by atoms with Crippen molar-refractivity contribution in [2.75, 3.05) is 0 Å². The highest BCUT2D eigenvalue weighted by molar-refractivity contribution is 9.10. The van der Waals surface area contributed by atoms with Crippen molar-refractivity contribution in [3.63, 3.8) is 0 Å². The van der Waals surface area contributed by atoms with E-state index in [1.54, 1.807) is 16.9 Å². The number of benzene rings is 1. The molecule has 0 saturated heterocycles. The van der Waals surface area contributed by atoms with Gasteiger partial charge in [0.25, 0.3) is 0 Å². The Morgan fingerprint density at radius 1 is 1.40 bits per heavy atom. The molecule has 0 amide bonds. The van der Waals surface area contributed by atoms with Gasteiger partial charge in [-0.15, -0.1) is 5.10 Å². The quantitative estimate of drug-likeness (QED) is 0.790. The first-order valence-electron chi connectivity index (χ1n) is 4.13. The Kier molecular flexibility index (Phi) is 3.16. The second kappa shape index (κ2) is 4.40. The summed E-state index contributed by atoms with van der Waals surface area (Å²) in [6, 6.07) is 4.42. The van der Waals surface area contributed by atoms with Crippen LogP contribution in [0.25, 0.3) is 5.69 Å². The van der Waals surface area contributed by atoms with Gasteiger partial charge in [0.15, 0.2) is 0 Å². The Morgan fingerprint density at radius 3 is 2.80 bits per heavy atom. The minimum atomic E-state index is -0.286. The van der Waals surface area contributed by atoms with E-state index in [9.17, 15) is 4.39 Å². The molecule has 0 radical (unpaired) electrons. The lowest BCUT2D eigenvalue weighted by atomic mass is 10.3. The molecule has 0 fully saturated rings. The maximum atomic E-state index is 12.9. The van der Waals surface area contributed by atoms with Crippen LogP contribution in [0.15, 0.2) is 28.9 Å². The van der Waals surface area contributed by atoms with Gasteiger partial charge in [0.05, 0.1) is 17.6 Å². The van der Waals surface area contributed by atoms with Crippen LogP contribution in [0.1, 0.15) is 5.69 Å². The molecule has 2 aromatic rings. The van der Waals surface area contributed by atoms with E-state index in [0.29, 0.717) is 9.80 Å². The summed E-state index contributed by atoms with van der Waals surface area (Å²) in [6.45, 7) is 0. The van der Waals surface area contributed by atoms with Gasteiger partial charge in [0, 0.05) is 9.80 Å². The molecule has 0 aliphatic carbocycles.